The molecule has 0 radical (unpaired) electrons. The Morgan fingerprint density at radius 2 is 1.46 bits per heavy atom. The lowest BCUT2D eigenvalue weighted by atomic mass is 10.0. The van der Waals surface area contributed by atoms with Crippen LogP contribution in [-0.4, -0.2) is 72.1 Å². The van der Waals surface area contributed by atoms with Gasteiger partial charge in [-0.1, -0.05) is 92.0 Å². The van der Waals surface area contributed by atoms with E-state index in [2.05, 4.69) is 85.2 Å². The average Bonchev–Trinajstić information content (AvgIpc) is 3.45. The van der Waals surface area contributed by atoms with Crippen LogP contribution in [0.15, 0.2) is 91.1 Å². The van der Waals surface area contributed by atoms with E-state index in [4.69, 9.17) is 4.74 Å². The molecule has 9 nitrogen and oxygen atoms in total. The van der Waals surface area contributed by atoms with Crippen molar-refractivity contribution in [1.29, 1.82) is 0 Å². The number of hydrogen-bond acceptors (Lipinski definition) is 7. The van der Waals surface area contributed by atoms with Crippen LogP contribution in [-0.2, 0) is 36.9 Å². The topological polar surface area (TPSA) is 113 Å². The Kier molecular flexibility index (Phi) is 19.7. The van der Waals surface area contributed by atoms with Crippen LogP contribution in [0.1, 0.15) is 105 Å². The summed E-state index contributed by atoms with van der Waals surface area (Å²) >= 11 is 0. The zero-order chi connectivity index (χ0) is 37.4. The molecule has 1 atom stereocenters. The second-order valence-corrected chi connectivity index (χ2v) is 13.1. The number of rotatable bonds is 24. The Bertz CT molecular complexity index is 1520. The molecule has 1 aromatic carbocycles. The molecule has 2 aliphatic heterocycles. The van der Waals surface area contributed by atoms with Crippen molar-refractivity contribution in [3.05, 3.63) is 108 Å². The molecule has 0 aromatic heterocycles. The normalized spacial score (nSPS) is 16.6. The summed E-state index contributed by atoms with van der Waals surface area (Å²) in [6.45, 7) is 3.86. The number of nitrogens with zero attached hydrogens (tertiary/aromatic N) is 2. The monoisotopic (exact) mass is 711 g/mol. The number of ketones is 1. The molecule has 1 saturated heterocycles. The van der Waals surface area contributed by atoms with Crippen molar-refractivity contribution in [3.8, 4) is 0 Å². The summed E-state index contributed by atoms with van der Waals surface area (Å²) in [5.74, 6) is -1.20. The fourth-order valence-corrected chi connectivity index (χ4v) is 6.00. The fraction of sp³-hybridized carbons (Fsp3) is 0.465. The summed E-state index contributed by atoms with van der Waals surface area (Å²) in [4.78, 5) is 65.4. The number of amides is 3. The number of ether oxygens (including phenoxy) is 1. The first-order chi connectivity index (χ1) is 25.3. The van der Waals surface area contributed by atoms with E-state index in [1.54, 1.807) is 18.2 Å². The van der Waals surface area contributed by atoms with Crippen LogP contribution < -0.4 is 5.32 Å². The number of esters is 1. The van der Waals surface area contributed by atoms with Crippen LogP contribution in [0.4, 0.5) is 0 Å². The van der Waals surface area contributed by atoms with Gasteiger partial charge in [0.25, 0.3) is 5.91 Å². The minimum Gasteiger partial charge on any atom is -0.464 e. The molecule has 1 fully saturated rings. The summed E-state index contributed by atoms with van der Waals surface area (Å²) in [5.41, 5.74) is 1.89. The Morgan fingerprint density at radius 3 is 2.08 bits per heavy atom. The van der Waals surface area contributed by atoms with E-state index in [-0.39, 0.29) is 50.0 Å². The van der Waals surface area contributed by atoms with Crippen molar-refractivity contribution in [1.82, 2.24) is 15.1 Å². The molecule has 52 heavy (non-hydrogen) atoms. The number of allylic oxidation sites excluding steroid dienone is 12. The van der Waals surface area contributed by atoms with E-state index >= 15 is 0 Å². The molecule has 0 bridgehead atoms. The van der Waals surface area contributed by atoms with E-state index in [0.29, 0.717) is 30.5 Å². The number of nitrogens with one attached hydrogen (secondary N) is 1. The van der Waals surface area contributed by atoms with E-state index in [1.807, 2.05) is 11.9 Å². The molecule has 2 heterocycles. The van der Waals surface area contributed by atoms with E-state index in [9.17, 15) is 24.0 Å². The number of hydrogen-bond donors (Lipinski definition) is 1. The quantitative estimate of drug-likeness (QED) is 0.0681. The first-order valence-electron chi connectivity index (χ1n) is 18.8. The number of carbonyl (C=O) groups is 5. The second-order valence-electron chi connectivity index (χ2n) is 13.1. The molecule has 1 unspecified atom stereocenters. The number of carbonyl (C=O) groups excluding carboxylic acids is 5. The Hall–Kier alpha value is -4.63. The van der Waals surface area contributed by atoms with Gasteiger partial charge in [-0.25, -0.2) is 0 Å². The van der Waals surface area contributed by atoms with Gasteiger partial charge < -0.3 is 14.5 Å². The molecule has 3 amide bonds. The minimum absolute atomic E-state index is 0.0224. The summed E-state index contributed by atoms with van der Waals surface area (Å²) in [6, 6.07) is 4.52. The molecule has 1 N–H and O–H groups in total. The Morgan fingerprint density at radius 1 is 0.846 bits per heavy atom. The predicted octanol–water partition coefficient (Wildman–Crippen LogP) is 7.29. The third kappa shape index (κ3) is 15.7. The van der Waals surface area contributed by atoms with Gasteiger partial charge in [-0.3, -0.25) is 29.3 Å². The highest BCUT2D eigenvalue weighted by Crippen LogP contribution is 2.30. The summed E-state index contributed by atoms with van der Waals surface area (Å²) in [7, 11) is 1.94. The molecule has 0 saturated carbocycles. The van der Waals surface area contributed by atoms with Crippen LogP contribution in [0, 0.1) is 0 Å². The van der Waals surface area contributed by atoms with Crippen molar-refractivity contribution in [2.24, 2.45) is 0 Å². The highest BCUT2D eigenvalue weighted by atomic mass is 16.5. The number of piperidine rings is 1. The van der Waals surface area contributed by atoms with Crippen molar-refractivity contribution in [2.45, 2.75) is 103 Å². The van der Waals surface area contributed by atoms with Crippen molar-refractivity contribution < 1.29 is 28.7 Å². The molecule has 1 aromatic rings. The van der Waals surface area contributed by atoms with E-state index < -0.39 is 17.9 Å². The summed E-state index contributed by atoms with van der Waals surface area (Å²) in [5, 5.41) is 2.30. The van der Waals surface area contributed by atoms with Gasteiger partial charge in [-0.15, -0.1) is 0 Å². The molecular weight excluding hydrogens is 654 g/mol. The molecule has 280 valence electrons. The predicted molar refractivity (Wildman–Crippen MR) is 206 cm³/mol. The average molecular weight is 712 g/mol. The lowest BCUT2D eigenvalue weighted by Gasteiger charge is -2.29. The second kappa shape index (κ2) is 24.5. The maximum Gasteiger partial charge on any atom is 0.310 e. The number of likely N-dealkylation sites (N-methyl/N-ethyl adjacent to an activating group) is 1. The van der Waals surface area contributed by atoms with Crippen LogP contribution in [0.25, 0.3) is 0 Å². The van der Waals surface area contributed by atoms with Crippen molar-refractivity contribution >= 4 is 29.5 Å². The first-order valence-corrected chi connectivity index (χ1v) is 18.8. The van der Waals surface area contributed by atoms with Crippen LogP contribution in [0.5, 0.6) is 0 Å². The maximum absolute atomic E-state index is 13.0. The van der Waals surface area contributed by atoms with Crippen molar-refractivity contribution in [2.75, 3.05) is 26.7 Å². The number of imide groups is 1. The molecule has 3 rings (SSSR count). The molecule has 0 aliphatic carbocycles. The van der Waals surface area contributed by atoms with Gasteiger partial charge in [0.1, 0.15) is 18.4 Å². The fourth-order valence-electron chi connectivity index (χ4n) is 6.00. The van der Waals surface area contributed by atoms with Crippen LogP contribution in [0.3, 0.4) is 0 Å². The highest BCUT2D eigenvalue weighted by molar-refractivity contribution is 6.05. The van der Waals surface area contributed by atoms with Gasteiger partial charge >= 0.3 is 5.97 Å². The number of Topliss-reactive ketones (excluding diaryl/α,β-unsaturated/α-hetero) is 1. The van der Waals surface area contributed by atoms with Gasteiger partial charge in [0, 0.05) is 37.9 Å². The zero-order valence-corrected chi connectivity index (χ0v) is 31.1. The van der Waals surface area contributed by atoms with Gasteiger partial charge in [0.15, 0.2) is 0 Å². The third-order valence-electron chi connectivity index (χ3n) is 8.93. The highest BCUT2D eigenvalue weighted by Gasteiger charge is 2.39. The molecule has 2 aliphatic rings. The standard InChI is InChI=1S/C43H57N3O6/c1-3-4-5-6-7-8-9-10-11-12-13-14-15-16-17-18-19-20-21-25-36(47)26-23-30-45(2)31-32-52-41(49)33-35-24-22-27-37-38(35)34-46(43(37)51)39-28-29-40(48)44-42(39)50/h4-5,7-8,10-11,13-14,16-17,19-20,22,24,27,39H,3,6,9,12,15,18,21,23,25-26,28-34H2,1-2H3,(H,44,48,50)/b5-4-,8-7-,11-10-,14-13-,17-16-,20-19-. The van der Waals surface area contributed by atoms with Gasteiger partial charge in [-0.2, -0.15) is 0 Å². The van der Waals surface area contributed by atoms with Gasteiger partial charge in [-0.05, 0) is 88.6 Å². The van der Waals surface area contributed by atoms with E-state index in [0.717, 1.165) is 63.5 Å². The van der Waals surface area contributed by atoms with Gasteiger partial charge in [0.05, 0.1) is 6.42 Å². The minimum atomic E-state index is -0.703. The number of benzene rings is 1. The lowest BCUT2D eigenvalue weighted by molar-refractivity contribution is -0.143. The molecule has 0 spiro atoms. The van der Waals surface area contributed by atoms with Crippen LogP contribution in [0.2, 0.25) is 0 Å². The first kappa shape index (κ1) is 41.8. The molecular formula is C43H57N3O6. The summed E-state index contributed by atoms with van der Waals surface area (Å²) < 4.78 is 5.48. The SMILES string of the molecule is CC/C=C\C/C=C\C/C=C\C/C=C\C/C=C\C/C=C\CCC(=O)CCCN(C)CCOC(=O)Cc1cccc2c1CN(C1CCC(=O)NC1=O)C2=O. The zero-order valence-electron chi connectivity index (χ0n) is 31.1. The lowest BCUT2D eigenvalue weighted by Crippen LogP contribution is -2.52. The maximum atomic E-state index is 13.0. The Labute approximate surface area is 310 Å². The van der Waals surface area contributed by atoms with Crippen molar-refractivity contribution in [3.63, 3.8) is 0 Å². The molecule has 9 heteroatoms. The van der Waals surface area contributed by atoms with E-state index in [1.165, 1.54) is 4.90 Å². The van der Waals surface area contributed by atoms with Crippen LogP contribution >= 0.6 is 0 Å². The summed E-state index contributed by atoms with van der Waals surface area (Å²) in [6.07, 6.45) is 35.0. The Balaban J connectivity index is 1.20. The smallest absolute Gasteiger partial charge is 0.310 e. The third-order valence-corrected chi connectivity index (χ3v) is 8.93. The van der Waals surface area contributed by atoms with Gasteiger partial charge in [0.2, 0.25) is 11.8 Å². The largest absolute Gasteiger partial charge is 0.464 e. The number of fused-ring (bicyclic) bond motifs is 1.